The van der Waals surface area contributed by atoms with Crippen LogP contribution >= 0.6 is 0 Å². The normalized spacial score (nSPS) is 14.2. The molecule has 1 aromatic carbocycles. The Kier molecular flexibility index (Phi) is 3.10. The molecule has 0 spiro atoms. The first-order valence-corrected chi connectivity index (χ1v) is 4.72. The summed E-state index contributed by atoms with van der Waals surface area (Å²) in [6.07, 6.45) is 0.168. The Balaban J connectivity index is 2.64. The van der Waals surface area contributed by atoms with Gasteiger partial charge >= 0.3 is 0 Å². The first-order chi connectivity index (χ1) is 5.99. The number of hydrogen-bond donors (Lipinski definition) is 0. The zero-order valence-corrected chi connectivity index (χ0v) is 8.87. The van der Waals surface area contributed by atoms with E-state index in [2.05, 4.69) is 39.8 Å². The molecule has 0 saturated heterocycles. The van der Waals surface area contributed by atoms with Crippen LogP contribution in [-0.2, 0) is 4.74 Å². The van der Waals surface area contributed by atoms with Crippen molar-refractivity contribution in [1.82, 2.24) is 0 Å². The average Bonchev–Trinajstić information content (AvgIpc) is 2.03. The molecule has 1 rings (SSSR count). The van der Waals surface area contributed by atoms with Crippen LogP contribution in [0.4, 0.5) is 0 Å². The molecule has 0 aliphatic heterocycles. The van der Waals surface area contributed by atoms with Gasteiger partial charge in [-0.05, 0) is 33.3 Å². The van der Waals surface area contributed by atoms with Crippen LogP contribution in [0.25, 0.3) is 0 Å². The molecule has 0 fully saturated rings. The van der Waals surface area contributed by atoms with Crippen LogP contribution in [0, 0.1) is 0 Å². The van der Waals surface area contributed by atoms with Crippen molar-refractivity contribution in [3.63, 3.8) is 0 Å². The molecule has 0 aromatic heterocycles. The summed E-state index contributed by atoms with van der Waals surface area (Å²) in [6, 6.07) is 10.3. The van der Waals surface area contributed by atoms with Crippen LogP contribution in [-0.4, -0.2) is 5.60 Å². The van der Waals surface area contributed by atoms with Crippen LogP contribution in [0.5, 0.6) is 0 Å². The number of benzene rings is 1. The van der Waals surface area contributed by atoms with Crippen molar-refractivity contribution < 1.29 is 4.74 Å². The van der Waals surface area contributed by atoms with Gasteiger partial charge in [-0.1, -0.05) is 30.3 Å². The number of ether oxygens (including phenoxy) is 1. The van der Waals surface area contributed by atoms with Crippen LogP contribution in [0.1, 0.15) is 39.4 Å². The fourth-order valence-electron chi connectivity index (χ4n) is 1.32. The van der Waals surface area contributed by atoms with E-state index in [0.717, 1.165) is 0 Å². The van der Waals surface area contributed by atoms with Crippen LogP contribution in [0.2, 0.25) is 0 Å². The molecule has 0 aliphatic carbocycles. The standard InChI is InChI=1S/C12H18O/c1-10(13-12(2,3)4)11-8-6-5-7-9-11/h5-10H,1-4H3/t10-/m1/s1. The number of hydrogen-bond acceptors (Lipinski definition) is 1. The lowest BCUT2D eigenvalue weighted by molar-refractivity contribution is -0.0529. The first-order valence-electron chi connectivity index (χ1n) is 4.72. The molecule has 0 amide bonds. The Morgan fingerprint density at radius 1 is 1.08 bits per heavy atom. The van der Waals surface area contributed by atoms with Gasteiger partial charge in [0.25, 0.3) is 0 Å². The van der Waals surface area contributed by atoms with Gasteiger partial charge in [0.2, 0.25) is 0 Å². The fraction of sp³-hybridized carbons (Fsp3) is 0.500. The van der Waals surface area contributed by atoms with E-state index in [1.165, 1.54) is 5.56 Å². The van der Waals surface area contributed by atoms with E-state index in [1.54, 1.807) is 0 Å². The molecule has 72 valence electrons. The Labute approximate surface area is 80.7 Å². The van der Waals surface area contributed by atoms with E-state index < -0.39 is 0 Å². The molecule has 0 saturated carbocycles. The van der Waals surface area contributed by atoms with Crippen molar-refractivity contribution in [3.05, 3.63) is 35.9 Å². The highest BCUT2D eigenvalue weighted by atomic mass is 16.5. The van der Waals surface area contributed by atoms with Crippen molar-refractivity contribution in [2.75, 3.05) is 0 Å². The van der Waals surface area contributed by atoms with Crippen LogP contribution in [0.3, 0.4) is 0 Å². The molecular formula is C12H18O. The maximum atomic E-state index is 5.82. The Morgan fingerprint density at radius 2 is 1.62 bits per heavy atom. The molecule has 0 bridgehead atoms. The summed E-state index contributed by atoms with van der Waals surface area (Å²) in [5, 5.41) is 0. The maximum Gasteiger partial charge on any atom is 0.0803 e. The van der Waals surface area contributed by atoms with Gasteiger partial charge in [0.05, 0.1) is 11.7 Å². The minimum atomic E-state index is -0.0741. The van der Waals surface area contributed by atoms with Gasteiger partial charge in [-0.2, -0.15) is 0 Å². The maximum absolute atomic E-state index is 5.82. The topological polar surface area (TPSA) is 9.23 Å². The summed E-state index contributed by atoms with van der Waals surface area (Å²) in [5.41, 5.74) is 1.16. The predicted octanol–water partition coefficient (Wildman–Crippen LogP) is 3.56. The quantitative estimate of drug-likeness (QED) is 0.672. The largest absolute Gasteiger partial charge is 0.368 e. The zero-order chi connectivity index (χ0) is 9.90. The second-order valence-electron chi connectivity index (χ2n) is 4.28. The smallest absolute Gasteiger partial charge is 0.0803 e. The van der Waals surface area contributed by atoms with Crippen molar-refractivity contribution >= 4 is 0 Å². The molecule has 0 N–H and O–H groups in total. The second kappa shape index (κ2) is 3.93. The summed E-state index contributed by atoms with van der Waals surface area (Å²) < 4.78 is 5.82. The fourth-order valence-corrected chi connectivity index (χ4v) is 1.32. The van der Waals surface area contributed by atoms with Gasteiger partial charge in [0.15, 0.2) is 0 Å². The molecule has 0 aliphatic rings. The van der Waals surface area contributed by atoms with Crippen molar-refractivity contribution in [2.24, 2.45) is 0 Å². The Hall–Kier alpha value is -0.820. The highest BCUT2D eigenvalue weighted by Gasteiger charge is 2.15. The summed E-state index contributed by atoms with van der Waals surface area (Å²) in [7, 11) is 0. The van der Waals surface area contributed by atoms with Gasteiger partial charge in [-0.3, -0.25) is 0 Å². The molecule has 1 heteroatoms. The SMILES string of the molecule is C[C@@H](OC(C)(C)C)c1ccccc1. The van der Waals surface area contributed by atoms with Gasteiger partial charge in [0, 0.05) is 0 Å². The summed E-state index contributed by atoms with van der Waals surface area (Å²) in [6.45, 7) is 8.31. The lowest BCUT2D eigenvalue weighted by Crippen LogP contribution is -2.21. The third-order valence-electron chi connectivity index (χ3n) is 1.80. The van der Waals surface area contributed by atoms with Gasteiger partial charge < -0.3 is 4.74 Å². The molecule has 0 unspecified atom stereocenters. The lowest BCUT2D eigenvalue weighted by atomic mass is 10.1. The highest BCUT2D eigenvalue weighted by molar-refractivity contribution is 5.16. The van der Waals surface area contributed by atoms with Crippen LogP contribution in [0.15, 0.2) is 30.3 Å². The molecular weight excluding hydrogens is 160 g/mol. The third-order valence-corrected chi connectivity index (χ3v) is 1.80. The van der Waals surface area contributed by atoms with Gasteiger partial charge in [0.1, 0.15) is 0 Å². The molecule has 1 nitrogen and oxygen atoms in total. The molecule has 1 atom stereocenters. The van der Waals surface area contributed by atoms with E-state index in [-0.39, 0.29) is 11.7 Å². The number of rotatable bonds is 2. The molecule has 13 heavy (non-hydrogen) atoms. The van der Waals surface area contributed by atoms with Crippen molar-refractivity contribution in [1.29, 1.82) is 0 Å². The summed E-state index contributed by atoms with van der Waals surface area (Å²) in [4.78, 5) is 0. The lowest BCUT2D eigenvalue weighted by Gasteiger charge is -2.25. The Bertz CT molecular complexity index is 246. The third kappa shape index (κ3) is 3.60. The highest BCUT2D eigenvalue weighted by Crippen LogP contribution is 2.22. The summed E-state index contributed by atoms with van der Waals surface area (Å²) in [5.74, 6) is 0. The second-order valence-corrected chi connectivity index (χ2v) is 4.28. The van der Waals surface area contributed by atoms with Crippen LogP contribution < -0.4 is 0 Å². The monoisotopic (exact) mass is 178 g/mol. The first kappa shape index (κ1) is 10.3. The van der Waals surface area contributed by atoms with E-state index in [0.29, 0.717) is 0 Å². The predicted molar refractivity (Wildman–Crippen MR) is 55.7 cm³/mol. The van der Waals surface area contributed by atoms with E-state index in [4.69, 9.17) is 4.74 Å². The van der Waals surface area contributed by atoms with E-state index in [9.17, 15) is 0 Å². The minimum Gasteiger partial charge on any atom is -0.368 e. The average molecular weight is 178 g/mol. The van der Waals surface area contributed by atoms with E-state index in [1.807, 2.05) is 18.2 Å². The van der Waals surface area contributed by atoms with Gasteiger partial charge in [-0.15, -0.1) is 0 Å². The summed E-state index contributed by atoms with van der Waals surface area (Å²) >= 11 is 0. The molecule has 0 radical (unpaired) electrons. The molecule has 1 aromatic rings. The van der Waals surface area contributed by atoms with Crippen molar-refractivity contribution in [3.8, 4) is 0 Å². The molecule has 0 heterocycles. The van der Waals surface area contributed by atoms with Gasteiger partial charge in [-0.25, -0.2) is 0 Å². The van der Waals surface area contributed by atoms with Crippen molar-refractivity contribution in [2.45, 2.75) is 39.4 Å². The zero-order valence-electron chi connectivity index (χ0n) is 8.87. The Morgan fingerprint density at radius 3 is 2.08 bits per heavy atom. The minimum absolute atomic E-state index is 0.0741. The van der Waals surface area contributed by atoms with E-state index >= 15 is 0 Å².